The first-order valence-corrected chi connectivity index (χ1v) is 22.3. The smallest absolute Gasteiger partial charge is 0.0635 e. The summed E-state index contributed by atoms with van der Waals surface area (Å²) in [4.78, 5) is 0. The molecule has 0 atom stereocenters. The molecule has 0 aliphatic carbocycles. The van der Waals surface area contributed by atoms with Gasteiger partial charge in [0.2, 0.25) is 0 Å². The molecule has 11 rings (SSSR count). The number of benzene rings is 9. The Kier molecular flexibility index (Phi) is 10.3. The largest absolute Gasteiger partial charge is 0.316 e. The summed E-state index contributed by atoms with van der Waals surface area (Å²) in [6, 6.07) is 79.6. The Balaban J connectivity index is 1.15. The van der Waals surface area contributed by atoms with E-state index in [9.17, 15) is 0 Å². The Morgan fingerprint density at radius 2 is 0.908 bits per heavy atom. The number of rotatable bonds is 10. The molecule has 0 bridgehead atoms. The van der Waals surface area contributed by atoms with Gasteiger partial charge in [-0.1, -0.05) is 176 Å². The molecule has 0 N–H and O–H groups in total. The fourth-order valence-corrected chi connectivity index (χ4v) is 9.49. The summed E-state index contributed by atoms with van der Waals surface area (Å²) in [5.74, 6) is 0. The summed E-state index contributed by atoms with van der Waals surface area (Å²) in [6.45, 7) is 6.04. The first-order chi connectivity index (χ1) is 32.1. The molecule has 11 aromatic rings. The van der Waals surface area contributed by atoms with E-state index in [0.717, 1.165) is 33.5 Å². The van der Waals surface area contributed by atoms with E-state index in [1.165, 1.54) is 77.3 Å². The first-order valence-electron chi connectivity index (χ1n) is 22.3. The van der Waals surface area contributed by atoms with Gasteiger partial charge in [0.1, 0.15) is 0 Å². The monoisotopic (exact) mass is 830 g/mol. The van der Waals surface area contributed by atoms with Crippen molar-refractivity contribution in [3.63, 3.8) is 0 Å². The third-order valence-electron chi connectivity index (χ3n) is 12.6. The van der Waals surface area contributed by atoms with Gasteiger partial charge >= 0.3 is 0 Å². The molecule has 0 radical (unpaired) electrons. The van der Waals surface area contributed by atoms with Gasteiger partial charge in [0.15, 0.2) is 0 Å². The van der Waals surface area contributed by atoms with Crippen LogP contribution in [0.2, 0.25) is 0 Å². The van der Waals surface area contributed by atoms with Gasteiger partial charge in [0.25, 0.3) is 0 Å². The first kappa shape index (κ1) is 39.4. The van der Waals surface area contributed by atoms with Gasteiger partial charge in [-0.05, 0) is 146 Å². The quantitative estimate of drug-likeness (QED) is 0.122. The molecular formula is C63H46N2. The third kappa shape index (κ3) is 7.41. The van der Waals surface area contributed by atoms with Crippen molar-refractivity contribution >= 4 is 38.3 Å². The zero-order valence-electron chi connectivity index (χ0n) is 36.3. The Labute approximate surface area is 380 Å². The Hall–Kier alpha value is -8.46. The average Bonchev–Trinajstić information content (AvgIpc) is 3.97. The number of fused-ring (bicyclic) bond motifs is 5. The summed E-state index contributed by atoms with van der Waals surface area (Å²) in [5, 5.41) is 3.61. The summed E-state index contributed by atoms with van der Waals surface area (Å²) < 4.78 is 4.84. The molecule has 308 valence electrons. The molecule has 0 aliphatic heterocycles. The molecule has 0 unspecified atom stereocenters. The SMILES string of the molecule is C=C/C=C\C(=C/C)c1cc(-c2ccccc2)cc(-c2ccc3c(c2)c2ccc4c(ccn4-c4cc(-c5ccccc5)cc(-c5ccccc5)c4)c2n3-c2cccc(-c3ccccc3)c2)c1. The summed E-state index contributed by atoms with van der Waals surface area (Å²) in [7, 11) is 0. The third-order valence-corrected chi connectivity index (χ3v) is 12.6. The molecular weight excluding hydrogens is 785 g/mol. The summed E-state index contributed by atoms with van der Waals surface area (Å²) in [6.07, 6.45) is 10.4. The van der Waals surface area contributed by atoms with Crippen molar-refractivity contribution in [3.05, 3.63) is 261 Å². The minimum atomic E-state index is 1.12. The summed E-state index contributed by atoms with van der Waals surface area (Å²) in [5.41, 5.74) is 19.9. The lowest BCUT2D eigenvalue weighted by atomic mass is 9.92. The van der Waals surface area contributed by atoms with E-state index in [-0.39, 0.29) is 0 Å². The van der Waals surface area contributed by atoms with Gasteiger partial charge in [0.05, 0.1) is 16.6 Å². The maximum absolute atomic E-state index is 3.94. The highest BCUT2D eigenvalue weighted by Gasteiger charge is 2.20. The standard InChI is InChI=1S/C63H46N2/c1-3-5-19-44(4-2)51-36-52(46-22-12-7-13-23-46)38-53(37-51)50-30-32-62-60(43-50)58-31-33-61-59(63(58)65(62)56-29-18-28-49(40-56)45-20-10-6-11-21-45)34-35-64(61)57-41-54(47-24-14-8-15-25-47)39-55(42-57)48-26-16-9-17-27-48/h3-43H,1H2,2H3/b19-5-,44-4+. The molecule has 0 aliphatic rings. The molecule has 0 fully saturated rings. The molecule has 0 saturated heterocycles. The maximum Gasteiger partial charge on any atom is 0.0635 e. The van der Waals surface area contributed by atoms with Crippen LogP contribution in [0.4, 0.5) is 0 Å². The van der Waals surface area contributed by atoms with Gasteiger partial charge in [-0.2, -0.15) is 0 Å². The second-order valence-electron chi connectivity index (χ2n) is 16.6. The number of hydrogen-bond donors (Lipinski definition) is 0. The zero-order chi connectivity index (χ0) is 43.7. The molecule has 9 aromatic carbocycles. The number of allylic oxidation sites excluding steroid dienone is 5. The van der Waals surface area contributed by atoms with Crippen LogP contribution < -0.4 is 0 Å². The maximum atomic E-state index is 3.94. The van der Waals surface area contributed by atoms with Crippen molar-refractivity contribution < 1.29 is 0 Å². The van der Waals surface area contributed by atoms with E-state index in [1.54, 1.807) is 0 Å². The van der Waals surface area contributed by atoms with E-state index in [2.05, 4.69) is 259 Å². The van der Waals surface area contributed by atoms with Crippen molar-refractivity contribution in [1.29, 1.82) is 0 Å². The topological polar surface area (TPSA) is 9.86 Å². The van der Waals surface area contributed by atoms with Crippen molar-refractivity contribution in [2.45, 2.75) is 6.92 Å². The van der Waals surface area contributed by atoms with Crippen LogP contribution in [0.15, 0.2) is 255 Å². The van der Waals surface area contributed by atoms with Crippen LogP contribution in [0.25, 0.3) is 105 Å². The highest BCUT2D eigenvalue weighted by Crippen LogP contribution is 2.42. The van der Waals surface area contributed by atoms with Crippen LogP contribution in [-0.2, 0) is 0 Å². The van der Waals surface area contributed by atoms with E-state index in [1.807, 2.05) is 12.2 Å². The predicted molar refractivity (Wildman–Crippen MR) is 278 cm³/mol. The minimum absolute atomic E-state index is 1.12. The highest BCUT2D eigenvalue weighted by molar-refractivity contribution is 6.19. The van der Waals surface area contributed by atoms with Crippen LogP contribution in [0.5, 0.6) is 0 Å². The average molecular weight is 831 g/mol. The van der Waals surface area contributed by atoms with Crippen LogP contribution in [0, 0.1) is 0 Å². The van der Waals surface area contributed by atoms with E-state index in [4.69, 9.17) is 0 Å². The van der Waals surface area contributed by atoms with Gasteiger partial charge in [0, 0.05) is 33.7 Å². The molecule has 0 spiro atoms. The number of nitrogens with zero attached hydrogens (tertiary/aromatic N) is 2. The van der Waals surface area contributed by atoms with Crippen LogP contribution in [0.3, 0.4) is 0 Å². The lowest BCUT2D eigenvalue weighted by Gasteiger charge is -2.14. The van der Waals surface area contributed by atoms with Crippen molar-refractivity contribution in [3.8, 4) is 67.0 Å². The number of hydrogen-bond acceptors (Lipinski definition) is 0. The fourth-order valence-electron chi connectivity index (χ4n) is 9.49. The zero-order valence-corrected chi connectivity index (χ0v) is 36.3. The van der Waals surface area contributed by atoms with E-state index < -0.39 is 0 Å². The second-order valence-corrected chi connectivity index (χ2v) is 16.6. The molecule has 2 nitrogen and oxygen atoms in total. The van der Waals surface area contributed by atoms with Crippen LogP contribution in [-0.4, -0.2) is 9.13 Å². The lowest BCUT2D eigenvalue weighted by Crippen LogP contribution is -1.96. The van der Waals surface area contributed by atoms with Crippen molar-refractivity contribution in [2.75, 3.05) is 0 Å². The van der Waals surface area contributed by atoms with Gasteiger partial charge in [-0.3, -0.25) is 0 Å². The predicted octanol–water partition coefficient (Wildman–Crippen LogP) is 17.2. The molecule has 2 heterocycles. The molecule has 0 amide bonds. The van der Waals surface area contributed by atoms with Crippen LogP contribution >= 0.6 is 0 Å². The Morgan fingerprint density at radius 3 is 1.49 bits per heavy atom. The van der Waals surface area contributed by atoms with Crippen LogP contribution in [0.1, 0.15) is 12.5 Å². The van der Waals surface area contributed by atoms with Gasteiger partial charge in [-0.25, -0.2) is 0 Å². The van der Waals surface area contributed by atoms with Crippen molar-refractivity contribution in [1.82, 2.24) is 9.13 Å². The minimum Gasteiger partial charge on any atom is -0.316 e. The van der Waals surface area contributed by atoms with Gasteiger partial charge < -0.3 is 9.13 Å². The second kappa shape index (κ2) is 17.0. The molecule has 65 heavy (non-hydrogen) atoms. The van der Waals surface area contributed by atoms with Crippen molar-refractivity contribution in [2.24, 2.45) is 0 Å². The fraction of sp³-hybridized carbons (Fsp3) is 0.0159. The van der Waals surface area contributed by atoms with E-state index >= 15 is 0 Å². The Morgan fingerprint density at radius 1 is 0.400 bits per heavy atom. The molecule has 0 saturated carbocycles. The molecule has 2 heteroatoms. The highest BCUT2D eigenvalue weighted by atomic mass is 15.0. The Bertz CT molecular complexity index is 3530. The normalized spacial score (nSPS) is 11.9. The number of aromatic nitrogens is 2. The lowest BCUT2D eigenvalue weighted by molar-refractivity contribution is 1.13. The molecule has 2 aromatic heterocycles. The van der Waals surface area contributed by atoms with E-state index in [0.29, 0.717) is 0 Å². The van der Waals surface area contributed by atoms with Gasteiger partial charge in [-0.15, -0.1) is 0 Å². The summed E-state index contributed by atoms with van der Waals surface area (Å²) >= 11 is 0.